The fourth-order valence-corrected chi connectivity index (χ4v) is 4.11. The molecule has 0 aromatic carbocycles. The van der Waals surface area contributed by atoms with Gasteiger partial charge in [-0.2, -0.15) is 0 Å². The van der Waals surface area contributed by atoms with Crippen LogP contribution in [0.4, 0.5) is 0 Å². The lowest BCUT2D eigenvalue weighted by Crippen LogP contribution is -2.28. The first kappa shape index (κ1) is 11.7. The van der Waals surface area contributed by atoms with Gasteiger partial charge in [0.25, 0.3) is 0 Å². The van der Waals surface area contributed by atoms with Crippen LogP contribution in [0.3, 0.4) is 0 Å². The molecule has 1 aromatic rings. The molecule has 17 heavy (non-hydrogen) atoms. The van der Waals surface area contributed by atoms with Crippen molar-refractivity contribution in [2.45, 2.75) is 45.1 Å². The zero-order valence-electron chi connectivity index (χ0n) is 10.7. The van der Waals surface area contributed by atoms with Crippen LogP contribution >= 0.6 is 11.3 Å². The van der Waals surface area contributed by atoms with E-state index in [1.54, 1.807) is 4.88 Å². The van der Waals surface area contributed by atoms with Crippen molar-refractivity contribution in [2.75, 3.05) is 6.54 Å². The predicted molar refractivity (Wildman–Crippen MR) is 74.3 cm³/mol. The highest BCUT2D eigenvalue weighted by Crippen LogP contribution is 2.40. The Hall–Kier alpha value is -0.340. The largest absolute Gasteiger partial charge is 0.309 e. The second kappa shape index (κ2) is 5.11. The molecule has 0 saturated heterocycles. The fourth-order valence-electron chi connectivity index (χ4n) is 3.22. The molecule has 2 aliphatic rings. The van der Waals surface area contributed by atoms with Crippen molar-refractivity contribution in [1.29, 1.82) is 0 Å². The average Bonchev–Trinajstić information content (AvgIpc) is 2.85. The lowest BCUT2D eigenvalue weighted by atomic mass is 9.96. The molecule has 3 unspecified atom stereocenters. The first-order valence-corrected chi connectivity index (χ1v) is 7.99. The van der Waals surface area contributed by atoms with E-state index in [1.807, 2.05) is 11.3 Å². The lowest BCUT2D eigenvalue weighted by molar-refractivity contribution is 0.365. The number of thiophene rings is 1. The third-order valence-electron chi connectivity index (χ3n) is 4.60. The molecule has 94 valence electrons. The molecule has 2 heteroatoms. The van der Waals surface area contributed by atoms with Gasteiger partial charge >= 0.3 is 0 Å². The van der Waals surface area contributed by atoms with Gasteiger partial charge in [-0.3, -0.25) is 0 Å². The van der Waals surface area contributed by atoms with Gasteiger partial charge in [0, 0.05) is 10.9 Å². The summed E-state index contributed by atoms with van der Waals surface area (Å²) < 4.78 is 0. The number of nitrogens with one attached hydrogen (secondary N) is 1. The van der Waals surface area contributed by atoms with E-state index in [9.17, 15) is 0 Å². The average molecular weight is 249 g/mol. The lowest BCUT2D eigenvalue weighted by Gasteiger charge is -2.24. The van der Waals surface area contributed by atoms with Gasteiger partial charge in [-0.25, -0.2) is 0 Å². The fraction of sp³-hybridized carbons (Fsp3) is 0.733. The van der Waals surface area contributed by atoms with Crippen LogP contribution < -0.4 is 5.32 Å². The highest BCUT2D eigenvalue weighted by Gasteiger charge is 2.34. The third-order valence-corrected chi connectivity index (χ3v) is 5.55. The van der Waals surface area contributed by atoms with Crippen molar-refractivity contribution >= 4 is 11.3 Å². The molecule has 2 saturated carbocycles. The minimum absolute atomic E-state index is 0.644. The summed E-state index contributed by atoms with van der Waals surface area (Å²) in [5.74, 6) is 2.82. The van der Waals surface area contributed by atoms with E-state index >= 15 is 0 Å². The van der Waals surface area contributed by atoms with Crippen LogP contribution in [0.2, 0.25) is 0 Å². The zero-order valence-corrected chi connectivity index (χ0v) is 11.5. The van der Waals surface area contributed by atoms with E-state index in [0.717, 1.165) is 17.8 Å². The van der Waals surface area contributed by atoms with Crippen LogP contribution in [-0.2, 0) is 0 Å². The smallest absolute Gasteiger partial charge is 0.0443 e. The summed E-state index contributed by atoms with van der Waals surface area (Å²) in [7, 11) is 0. The molecule has 1 nitrogen and oxygen atoms in total. The Balaban J connectivity index is 1.63. The van der Waals surface area contributed by atoms with Crippen molar-refractivity contribution < 1.29 is 0 Å². The second-order valence-electron chi connectivity index (χ2n) is 5.92. The Morgan fingerprint density at radius 1 is 1.41 bits per heavy atom. The summed E-state index contributed by atoms with van der Waals surface area (Å²) in [5, 5.41) is 6.09. The molecule has 1 N–H and O–H groups in total. The van der Waals surface area contributed by atoms with Crippen LogP contribution in [0.25, 0.3) is 0 Å². The van der Waals surface area contributed by atoms with E-state index in [0.29, 0.717) is 6.04 Å². The first-order chi connectivity index (χ1) is 8.34. The molecule has 0 spiro atoms. The Morgan fingerprint density at radius 2 is 2.18 bits per heavy atom. The van der Waals surface area contributed by atoms with E-state index in [-0.39, 0.29) is 0 Å². The number of hydrogen-bond acceptors (Lipinski definition) is 2. The Bertz CT molecular complexity index is 340. The summed E-state index contributed by atoms with van der Waals surface area (Å²) in [6, 6.07) is 5.16. The molecule has 2 aliphatic carbocycles. The van der Waals surface area contributed by atoms with Crippen molar-refractivity contribution in [3.05, 3.63) is 22.4 Å². The maximum Gasteiger partial charge on any atom is 0.0443 e. The van der Waals surface area contributed by atoms with E-state index in [4.69, 9.17) is 0 Å². The third kappa shape index (κ3) is 2.74. The molecule has 1 heterocycles. The summed E-state index contributed by atoms with van der Waals surface area (Å²) in [6.07, 6.45) is 7.17. The molecule has 0 radical (unpaired) electrons. The maximum atomic E-state index is 3.87. The summed E-state index contributed by atoms with van der Waals surface area (Å²) in [4.78, 5) is 1.56. The summed E-state index contributed by atoms with van der Waals surface area (Å²) >= 11 is 1.93. The number of hydrogen-bond donors (Lipinski definition) is 1. The number of rotatable bonds is 5. The van der Waals surface area contributed by atoms with Crippen LogP contribution in [0.1, 0.15) is 49.9 Å². The molecule has 2 fully saturated rings. The monoisotopic (exact) mass is 249 g/mol. The Kier molecular flexibility index (Phi) is 3.53. The molecule has 0 aliphatic heterocycles. The van der Waals surface area contributed by atoms with Gasteiger partial charge in [0.15, 0.2) is 0 Å². The molecule has 3 rings (SSSR count). The van der Waals surface area contributed by atoms with Gasteiger partial charge in [0.05, 0.1) is 0 Å². The standard InChI is InChI=1S/C15H23NS/c1-11-9-13(11)10-16-15(12-5-2-3-6-12)14-7-4-8-17-14/h4,7-8,11-13,15-16H,2-3,5-6,9-10H2,1H3. The quantitative estimate of drug-likeness (QED) is 0.823. The van der Waals surface area contributed by atoms with Gasteiger partial charge in [-0.1, -0.05) is 25.8 Å². The highest BCUT2D eigenvalue weighted by atomic mass is 32.1. The van der Waals surface area contributed by atoms with Crippen LogP contribution in [0.5, 0.6) is 0 Å². The first-order valence-electron chi connectivity index (χ1n) is 7.11. The summed E-state index contributed by atoms with van der Waals surface area (Å²) in [6.45, 7) is 3.61. The summed E-state index contributed by atoms with van der Waals surface area (Å²) in [5.41, 5.74) is 0. The van der Waals surface area contributed by atoms with E-state index < -0.39 is 0 Å². The molecule has 3 atom stereocenters. The van der Waals surface area contributed by atoms with E-state index in [1.165, 1.54) is 38.6 Å². The van der Waals surface area contributed by atoms with Crippen LogP contribution in [-0.4, -0.2) is 6.54 Å². The molecular weight excluding hydrogens is 226 g/mol. The van der Waals surface area contributed by atoms with Crippen molar-refractivity contribution in [3.63, 3.8) is 0 Å². The van der Waals surface area contributed by atoms with Crippen molar-refractivity contribution in [1.82, 2.24) is 5.32 Å². The van der Waals surface area contributed by atoms with Crippen molar-refractivity contribution in [2.24, 2.45) is 17.8 Å². The second-order valence-corrected chi connectivity index (χ2v) is 6.90. The Labute approximate surface area is 109 Å². The van der Waals surface area contributed by atoms with Crippen molar-refractivity contribution in [3.8, 4) is 0 Å². The Morgan fingerprint density at radius 3 is 2.76 bits per heavy atom. The topological polar surface area (TPSA) is 12.0 Å². The minimum Gasteiger partial charge on any atom is -0.309 e. The molecule has 0 amide bonds. The normalized spacial score (nSPS) is 30.6. The minimum atomic E-state index is 0.644. The van der Waals surface area contributed by atoms with Gasteiger partial charge < -0.3 is 5.32 Å². The van der Waals surface area contributed by atoms with Gasteiger partial charge in [0.2, 0.25) is 0 Å². The van der Waals surface area contributed by atoms with Crippen LogP contribution in [0.15, 0.2) is 17.5 Å². The van der Waals surface area contributed by atoms with Crippen LogP contribution in [0, 0.1) is 17.8 Å². The SMILES string of the molecule is CC1CC1CNC(c1cccs1)C1CCCC1. The highest BCUT2D eigenvalue weighted by molar-refractivity contribution is 7.10. The van der Waals surface area contributed by atoms with E-state index in [2.05, 4.69) is 29.8 Å². The zero-order chi connectivity index (χ0) is 11.7. The predicted octanol–water partition coefficient (Wildman–Crippen LogP) is 4.23. The molecular formula is C15H23NS. The van der Waals surface area contributed by atoms with Gasteiger partial charge in [-0.15, -0.1) is 11.3 Å². The molecule has 1 aromatic heterocycles. The van der Waals surface area contributed by atoms with Gasteiger partial charge in [0.1, 0.15) is 0 Å². The van der Waals surface area contributed by atoms with Gasteiger partial charge in [-0.05, 0) is 55.0 Å². The molecule has 0 bridgehead atoms. The maximum absolute atomic E-state index is 3.87.